The molecule has 1 atom stereocenters. The first-order valence-electron chi connectivity index (χ1n) is 6.03. The van der Waals surface area contributed by atoms with Crippen LogP contribution in [-0.2, 0) is 14.9 Å². The number of aryl methyl sites for hydroxylation is 3. The van der Waals surface area contributed by atoms with Gasteiger partial charge in [0.1, 0.15) is 6.04 Å². The first-order chi connectivity index (χ1) is 8.38. The fraction of sp³-hybridized carbons (Fsp3) is 0.500. The summed E-state index contributed by atoms with van der Waals surface area (Å²) in [5, 5.41) is 9.20. The van der Waals surface area contributed by atoms with E-state index in [1.807, 2.05) is 20.8 Å². The predicted molar refractivity (Wildman–Crippen MR) is 68.8 cm³/mol. The van der Waals surface area contributed by atoms with Gasteiger partial charge in [0.2, 0.25) is 0 Å². The Morgan fingerprint density at radius 3 is 2.17 bits per heavy atom. The number of hydrogen-bond donors (Lipinski definition) is 2. The number of benzene rings is 1. The number of nitrogens with two attached hydrogens (primary N) is 1. The maximum atomic E-state index is 11.2. The average Bonchev–Trinajstić information content (AvgIpc) is 2.19. The van der Waals surface area contributed by atoms with E-state index < -0.39 is 17.4 Å². The van der Waals surface area contributed by atoms with Crippen LogP contribution in [0.4, 0.5) is 0 Å². The summed E-state index contributed by atoms with van der Waals surface area (Å²) in [5.41, 5.74) is 9.70. The van der Waals surface area contributed by atoms with E-state index in [0.29, 0.717) is 13.2 Å². The minimum atomic E-state index is -0.974. The van der Waals surface area contributed by atoms with Gasteiger partial charge in [0.15, 0.2) is 0 Å². The summed E-state index contributed by atoms with van der Waals surface area (Å²) >= 11 is 0. The van der Waals surface area contributed by atoms with Crippen molar-refractivity contribution < 1.29 is 14.6 Å². The molecule has 18 heavy (non-hydrogen) atoms. The zero-order valence-electron chi connectivity index (χ0n) is 11.0. The molecule has 1 aromatic rings. The minimum Gasteiger partial charge on any atom is -0.480 e. The molecule has 2 rings (SSSR count). The van der Waals surface area contributed by atoms with Crippen LogP contribution in [0.3, 0.4) is 0 Å². The van der Waals surface area contributed by atoms with Crippen LogP contribution < -0.4 is 5.73 Å². The number of carboxylic acids is 1. The summed E-state index contributed by atoms with van der Waals surface area (Å²) in [7, 11) is 0. The summed E-state index contributed by atoms with van der Waals surface area (Å²) in [6.07, 6.45) is 0. The summed E-state index contributed by atoms with van der Waals surface area (Å²) < 4.78 is 5.26. The summed E-state index contributed by atoms with van der Waals surface area (Å²) in [6, 6.07) is 3.21. The Hall–Kier alpha value is -1.39. The summed E-state index contributed by atoms with van der Waals surface area (Å²) in [6.45, 7) is 6.80. The molecule has 0 aliphatic carbocycles. The zero-order valence-corrected chi connectivity index (χ0v) is 11.0. The van der Waals surface area contributed by atoms with Gasteiger partial charge in [-0.05, 0) is 37.5 Å². The minimum absolute atomic E-state index is 0.380. The smallest absolute Gasteiger partial charge is 0.321 e. The molecule has 1 aromatic carbocycles. The normalized spacial score (nSPS) is 19.1. The Morgan fingerprint density at radius 1 is 1.33 bits per heavy atom. The molecular weight excluding hydrogens is 230 g/mol. The Bertz CT molecular complexity index is 469. The van der Waals surface area contributed by atoms with Gasteiger partial charge in [0.25, 0.3) is 0 Å². The van der Waals surface area contributed by atoms with Crippen LogP contribution in [-0.4, -0.2) is 30.3 Å². The Balaban J connectivity index is 2.55. The molecule has 4 nitrogen and oxygen atoms in total. The first kappa shape index (κ1) is 13.1. The van der Waals surface area contributed by atoms with E-state index in [1.165, 1.54) is 5.56 Å². The van der Waals surface area contributed by atoms with Crippen LogP contribution in [0.5, 0.6) is 0 Å². The van der Waals surface area contributed by atoms with Crippen molar-refractivity contribution in [1.29, 1.82) is 0 Å². The van der Waals surface area contributed by atoms with Crippen LogP contribution in [0.1, 0.15) is 22.3 Å². The van der Waals surface area contributed by atoms with Gasteiger partial charge in [0, 0.05) is 0 Å². The van der Waals surface area contributed by atoms with Gasteiger partial charge in [-0.15, -0.1) is 0 Å². The summed E-state index contributed by atoms with van der Waals surface area (Å²) in [4.78, 5) is 11.2. The third kappa shape index (κ3) is 1.82. The van der Waals surface area contributed by atoms with E-state index in [4.69, 9.17) is 10.5 Å². The lowest BCUT2D eigenvalue weighted by Crippen LogP contribution is -2.62. The number of aliphatic carboxylic acids is 1. The lowest BCUT2D eigenvalue weighted by Gasteiger charge is -2.46. The molecule has 1 unspecified atom stereocenters. The second-order valence-corrected chi connectivity index (χ2v) is 5.24. The molecule has 0 aromatic heterocycles. The van der Waals surface area contributed by atoms with Gasteiger partial charge >= 0.3 is 5.97 Å². The van der Waals surface area contributed by atoms with Gasteiger partial charge < -0.3 is 15.6 Å². The van der Waals surface area contributed by atoms with Crippen LogP contribution in [0, 0.1) is 20.8 Å². The molecule has 0 amide bonds. The largest absolute Gasteiger partial charge is 0.480 e. The Morgan fingerprint density at radius 2 is 1.83 bits per heavy atom. The third-order valence-electron chi connectivity index (χ3n) is 3.76. The van der Waals surface area contributed by atoms with Crippen molar-refractivity contribution >= 4 is 5.97 Å². The molecule has 98 valence electrons. The molecule has 1 fully saturated rings. The van der Waals surface area contributed by atoms with E-state index >= 15 is 0 Å². The number of carboxylic acid groups (broad SMARTS) is 1. The maximum Gasteiger partial charge on any atom is 0.321 e. The van der Waals surface area contributed by atoms with Crippen molar-refractivity contribution in [2.24, 2.45) is 5.73 Å². The Labute approximate surface area is 107 Å². The number of ether oxygens (including phenoxy) is 1. The van der Waals surface area contributed by atoms with Crippen molar-refractivity contribution in [3.05, 3.63) is 34.4 Å². The van der Waals surface area contributed by atoms with Gasteiger partial charge in [-0.3, -0.25) is 4.79 Å². The van der Waals surface area contributed by atoms with Gasteiger partial charge in [0.05, 0.1) is 18.6 Å². The number of carbonyl (C=O) groups is 1. The quantitative estimate of drug-likeness (QED) is 0.846. The predicted octanol–water partition coefficient (Wildman–Crippen LogP) is 1.29. The maximum absolute atomic E-state index is 11.2. The van der Waals surface area contributed by atoms with E-state index in [-0.39, 0.29) is 0 Å². The molecule has 1 aliphatic rings. The topological polar surface area (TPSA) is 72.6 Å². The van der Waals surface area contributed by atoms with Gasteiger partial charge in [-0.2, -0.15) is 0 Å². The lowest BCUT2D eigenvalue weighted by atomic mass is 9.69. The molecule has 1 saturated heterocycles. The second kappa shape index (κ2) is 4.37. The van der Waals surface area contributed by atoms with Gasteiger partial charge in [-0.25, -0.2) is 0 Å². The highest BCUT2D eigenvalue weighted by Gasteiger charge is 2.50. The van der Waals surface area contributed by atoms with E-state index in [1.54, 1.807) is 0 Å². The fourth-order valence-corrected chi connectivity index (χ4v) is 3.00. The van der Waals surface area contributed by atoms with Crippen molar-refractivity contribution in [2.45, 2.75) is 32.2 Å². The molecule has 1 heterocycles. The second-order valence-electron chi connectivity index (χ2n) is 5.24. The van der Waals surface area contributed by atoms with Crippen molar-refractivity contribution in [3.63, 3.8) is 0 Å². The fourth-order valence-electron chi connectivity index (χ4n) is 3.00. The van der Waals surface area contributed by atoms with Crippen LogP contribution in [0.25, 0.3) is 0 Å². The molecule has 0 bridgehead atoms. The van der Waals surface area contributed by atoms with E-state index in [2.05, 4.69) is 12.1 Å². The molecular formula is C14H19NO3. The molecule has 3 N–H and O–H groups in total. The highest BCUT2D eigenvalue weighted by atomic mass is 16.5. The molecule has 1 aliphatic heterocycles. The van der Waals surface area contributed by atoms with Crippen molar-refractivity contribution in [2.75, 3.05) is 13.2 Å². The summed E-state index contributed by atoms with van der Waals surface area (Å²) in [5.74, 6) is -0.974. The van der Waals surface area contributed by atoms with Crippen LogP contribution in [0.2, 0.25) is 0 Å². The highest BCUT2D eigenvalue weighted by Crippen LogP contribution is 2.39. The molecule has 4 heteroatoms. The molecule has 0 radical (unpaired) electrons. The van der Waals surface area contributed by atoms with E-state index in [0.717, 1.165) is 16.7 Å². The zero-order chi connectivity index (χ0) is 13.5. The lowest BCUT2D eigenvalue weighted by molar-refractivity contribution is -0.148. The first-order valence-corrected chi connectivity index (χ1v) is 6.03. The SMILES string of the molecule is Cc1cc(C)c(C2(C(N)C(=O)O)COC2)c(C)c1. The van der Waals surface area contributed by atoms with Crippen molar-refractivity contribution in [3.8, 4) is 0 Å². The van der Waals surface area contributed by atoms with Crippen LogP contribution in [0.15, 0.2) is 12.1 Å². The molecule has 0 spiro atoms. The monoisotopic (exact) mass is 249 g/mol. The third-order valence-corrected chi connectivity index (χ3v) is 3.76. The average molecular weight is 249 g/mol. The van der Waals surface area contributed by atoms with Crippen molar-refractivity contribution in [1.82, 2.24) is 0 Å². The van der Waals surface area contributed by atoms with Gasteiger partial charge in [-0.1, -0.05) is 17.7 Å². The molecule has 0 saturated carbocycles. The van der Waals surface area contributed by atoms with E-state index in [9.17, 15) is 9.90 Å². The highest BCUT2D eigenvalue weighted by molar-refractivity contribution is 5.76. The van der Waals surface area contributed by atoms with Crippen LogP contribution >= 0.6 is 0 Å². The standard InChI is InChI=1S/C14H19NO3/c1-8-4-9(2)11(10(3)5-8)14(6-18-7-14)12(15)13(16)17/h4-5,12H,6-7,15H2,1-3H3,(H,16,17). The number of rotatable bonds is 3. The number of hydrogen-bond acceptors (Lipinski definition) is 3. The Kier molecular flexibility index (Phi) is 3.17.